The fraction of sp³-hybridized carbons (Fsp3) is 0.917. The molecule has 3 heterocycles. The molecule has 0 aromatic carbocycles. The van der Waals surface area contributed by atoms with Crippen LogP contribution >= 0.6 is 0 Å². The van der Waals surface area contributed by atoms with Crippen LogP contribution in [0.1, 0.15) is 58.8 Å². The van der Waals surface area contributed by atoms with Gasteiger partial charge in [0.15, 0.2) is 0 Å². The molecule has 4 aliphatic rings. The number of amides is 2. The zero-order chi connectivity index (χ0) is 22.1. The fourth-order valence-electron chi connectivity index (χ4n) is 6.71. The van der Waals surface area contributed by atoms with E-state index in [-0.39, 0.29) is 30.0 Å². The van der Waals surface area contributed by atoms with E-state index >= 15 is 0 Å². The average Bonchev–Trinajstić information content (AvgIpc) is 2.78. The summed E-state index contributed by atoms with van der Waals surface area (Å²) in [5.41, 5.74) is 0. The highest BCUT2D eigenvalue weighted by Crippen LogP contribution is 2.43. The van der Waals surface area contributed by atoms with Crippen LogP contribution in [0, 0.1) is 29.6 Å². The Morgan fingerprint density at radius 2 is 1.90 bits per heavy atom. The molecule has 4 rings (SSSR count). The number of fused-ring (bicyclic) bond motifs is 1. The summed E-state index contributed by atoms with van der Waals surface area (Å²) in [4.78, 5) is 28.4. The Kier molecular flexibility index (Phi) is 7.24. The van der Waals surface area contributed by atoms with Crippen molar-refractivity contribution in [2.24, 2.45) is 29.6 Å². The van der Waals surface area contributed by atoms with Crippen LogP contribution in [0.2, 0.25) is 0 Å². The quantitative estimate of drug-likeness (QED) is 0.628. The van der Waals surface area contributed by atoms with Gasteiger partial charge in [0.05, 0.1) is 0 Å². The Bertz CT molecular complexity index is 659. The first kappa shape index (κ1) is 23.0. The molecule has 9 unspecified atom stereocenters. The lowest BCUT2D eigenvalue weighted by Crippen LogP contribution is -2.60. The minimum absolute atomic E-state index is 0.0162. The molecule has 1 saturated carbocycles. The molecule has 0 aromatic heterocycles. The summed E-state index contributed by atoms with van der Waals surface area (Å²) in [6.07, 6.45) is 6.64. The van der Waals surface area contributed by atoms with Gasteiger partial charge in [0.25, 0.3) is 0 Å². The lowest BCUT2D eigenvalue weighted by Gasteiger charge is -2.50. The van der Waals surface area contributed by atoms with Crippen molar-refractivity contribution in [1.82, 2.24) is 20.9 Å². The van der Waals surface area contributed by atoms with Crippen LogP contribution in [-0.4, -0.2) is 68.3 Å². The minimum Gasteiger partial charge on any atom is -0.367 e. The number of hydrogen-bond donors (Lipinski definition) is 3. The number of rotatable bonds is 4. The van der Waals surface area contributed by atoms with Gasteiger partial charge in [-0.2, -0.15) is 0 Å². The standard InChI is InChI=1S/C24H42N4O3/c1-14-5-6-18(27-23(29)16-7-8-25-22(11-16)31-4)12-19(14)20-10-17-13-26-15(2)9-21(17)28(3)24(20)30/h14-22,25-26H,5-13H2,1-4H3,(H,27,29). The van der Waals surface area contributed by atoms with Gasteiger partial charge in [-0.15, -0.1) is 0 Å². The van der Waals surface area contributed by atoms with E-state index in [1.807, 2.05) is 7.05 Å². The Balaban J connectivity index is 1.38. The third-order valence-corrected chi connectivity index (χ3v) is 8.73. The molecule has 0 aromatic rings. The molecule has 0 bridgehead atoms. The fourth-order valence-corrected chi connectivity index (χ4v) is 6.71. The van der Waals surface area contributed by atoms with E-state index in [2.05, 4.69) is 34.7 Å². The highest BCUT2D eigenvalue weighted by Gasteiger charge is 2.47. The Hall–Kier alpha value is -1.18. The second kappa shape index (κ2) is 9.75. The van der Waals surface area contributed by atoms with E-state index in [4.69, 9.17) is 4.74 Å². The van der Waals surface area contributed by atoms with E-state index in [1.165, 1.54) is 0 Å². The van der Waals surface area contributed by atoms with Crippen molar-refractivity contribution in [3.8, 4) is 0 Å². The molecule has 3 aliphatic heterocycles. The molecule has 0 spiro atoms. The minimum atomic E-state index is -0.0289. The summed E-state index contributed by atoms with van der Waals surface area (Å²) in [5.74, 6) is 2.04. The van der Waals surface area contributed by atoms with Crippen molar-refractivity contribution in [2.45, 2.75) is 83.1 Å². The van der Waals surface area contributed by atoms with Crippen LogP contribution in [0.3, 0.4) is 0 Å². The molecule has 7 nitrogen and oxygen atoms in total. The Labute approximate surface area is 187 Å². The molecule has 176 valence electrons. The van der Waals surface area contributed by atoms with Gasteiger partial charge in [-0.25, -0.2) is 0 Å². The summed E-state index contributed by atoms with van der Waals surface area (Å²) in [7, 11) is 3.70. The summed E-state index contributed by atoms with van der Waals surface area (Å²) in [5, 5.41) is 10.3. The predicted molar refractivity (Wildman–Crippen MR) is 120 cm³/mol. The van der Waals surface area contributed by atoms with E-state index in [0.717, 1.165) is 58.0 Å². The zero-order valence-electron chi connectivity index (χ0n) is 19.7. The molecule has 0 radical (unpaired) electrons. The van der Waals surface area contributed by atoms with E-state index in [0.29, 0.717) is 35.7 Å². The zero-order valence-corrected chi connectivity index (χ0v) is 19.7. The second-order valence-corrected chi connectivity index (χ2v) is 10.7. The summed E-state index contributed by atoms with van der Waals surface area (Å²) in [6, 6.07) is 1.04. The molecule has 9 atom stereocenters. The SMILES string of the molecule is COC1CC(C(=O)NC2CCC(C)C(C3CC4CNC(C)CC4N(C)C3=O)C2)CCN1. The summed E-state index contributed by atoms with van der Waals surface area (Å²) in [6.45, 7) is 6.35. The third-order valence-electron chi connectivity index (χ3n) is 8.73. The normalized spacial score (nSPS) is 43.9. The number of carbonyl (C=O) groups excluding carboxylic acids is 2. The molecule has 1 aliphatic carbocycles. The number of hydrogen-bond acceptors (Lipinski definition) is 5. The molecule has 31 heavy (non-hydrogen) atoms. The first-order valence-electron chi connectivity index (χ1n) is 12.4. The topological polar surface area (TPSA) is 82.7 Å². The number of likely N-dealkylation sites (tertiary alicyclic amines) is 1. The third kappa shape index (κ3) is 4.93. The van der Waals surface area contributed by atoms with Crippen molar-refractivity contribution in [1.29, 1.82) is 0 Å². The van der Waals surface area contributed by atoms with Crippen LogP contribution < -0.4 is 16.0 Å². The van der Waals surface area contributed by atoms with Gasteiger partial charge in [0.2, 0.25) is 11.8 Å². The number of nitrogens with zero attached hydrogens (tertiary/aromatic N) is 1. The maximum atomic E-state index is 13.4. The van der Waals surface area contributed by atoms with Crippen molar-refractivity contribution in [2.75, 3.05) is 27.2 Å². The Morgan fingerprint density at radius 1 is 1.10 bits per heavy atom. The predicted octanol–water partition coefficient (Wildman–Crippen LogP) is 1.72. The highest BCUT2D eigenvalue weighted by atomic mass is 16.5. The summed E-state index contributed by atoms with van der Waals surface area (Å²) >= 11 is 0. The molecular formula is C24H42N4O3. The largest absolute Gasteiger partial charge is 0.367 e. The molecule has 2 amide bonds. The number of nitrogens with one attached hydrogen (secondary N) is 3. The first-order valence-corrected chi connectivity index (χ1v) is 12.4. The number of methoxy groups -OCH3 is 1. The van der Waals surface area contributed by atoms with Crippen LogP contribution in [0.5, 0.6) is 0 Å². The van der Waals surface area contributed by atoms with E-state index in [1.54, 1.807) is 7.11 Å². The lowest BCUT2D eigenvalue weighted by atomic mass is 9.65. The maximum absolute atomic E-state index is 13.4. The average molecular weight is 435 g/mol. The van der Waals surface area contributed by atoms with Gasteiger partial charge in [-0.1, -0.05) is 6.92 Å². The molecule has 3 saturated heterocycles. The number of ether oxygens (including phenoxy) is 1. The van der Waals surface area contributed by atoms with Crippen molar-refractivity contribution in [3.63, 3.8) is 0 Å². The van der Waals surface area contributed by atoms with Crippen LogP contribution in [0.4, 0.5) is 0 Å². The van der Waals surface area contributed by atoms with Crippen LogP contribution in [0.15, 0.2) is 0 Å². The van der Waals surface area contributed by atoms with Gasteiger partial charge in [0.1, 0.15) is 6.23 Å². The van der Waals surface area contributed by atoms with Crippen molar-refractivity contribution in [3.05, 3.63) is 0 Å². The van der Waals surface area contributed by atoms with Crippen molar-refractivity contribution >= 4 is 11.8 Å². The number of piperidine rings is 3. The summed E-state index contributed by atoms with van der Waals surface area (Å²) < 4.78 is 5.41. The Morgan fingerprint density at radius 3 is 2.68 bits per heavy atom. The van der Waals surface area contributed by atoms with Gasteiger partial charge in [0, 0.05) is 50.7 Å². The monoisotopic (exact) mass is 434 g/mol. The van der Waals surface area contributed by atoms with Gasteiger partial charge in [-0.05, 0) is 76.2 Å². The molecule has 4 fully saturated rings. The van der Waals surface area contributed by atoms with Gasteiger partial charge >= 0.3 is 0 Å². The number of carbonyl (C=O) groups is 2. The maximum Gasteiger partial charge on any atom is 0.225 e. The van der Waals surface area contributed by atoms with Crippen LogP contribution in [0.25, 0.3) is 0 Å². The smallest absolute Gasteiger partial charge is 0.225 e. The first-order chi connectivity index (χ1) is 14.9. The molecule has 7 heteroatoms. The molecule has 3 N–H and O–H groups in total. The van der Waals surface area contributed by atoms with Gasteiger partial charge < -0.3 is 20.3 Å². The lowest BCUT2D eigenvalue weighted by molar-refractivity contribution is -0.148. The van der Waals surface area contributed by atoms with Gasteiger partial charge in [-0.3, -0.25) is 14.9 Å². The van der Waals surface area contributed by atoms with Crippen molar-refractivity contribution < 1.29 is 14.3 Å². The van der Waals surface area contributed by atoms with E-state index < -0.39 is 0 Å². The highest BCUT2D eigenvalue weighted by molar-refractivity contribution is 5.80. The molecular weight excluding hydrogens is 392 g/mol. The van der Waals surface area contributed by atoms with E-state index in [9.17, 15) is 9.59 Å². The second-order valence-electron chi connectivity index (χ2n) is 10.7. The van der Waals surface area contributed by atoms with Crippen LogP contribution in [-0.2, 0) is 14.3 Å².